The molecule has 0 spiro atoms. The fourth-order valence-electron chi connectivity index (χ4n) is 1.25. The molecule has 1 unspecified atom stereocenters. The molecular formula is C11H17N3O5S. The summed E-state index contributed by atoms with van der Waals surface area (Å²) in [6, 6.07) is 6.57. The number of primary amides is 1. The van der Waals surface area contributed by atoms with E-state index in [4.69, 9.17) is 21.3 Å². The summed E-state index contributed by atoms with van der Waals surface area (Å²) in [5, 5.41) is 9.08. The first-order chi connectivity index (χ1) is 9.30. The summed E-state index contributed by atoms with van der Waals surface area (Å²) in [7, 11) is -3.66. The molecule has 9 heteroatoms. The molecule has 1 amide bonds. The molecule has 112 valence electrons. The van der Waals surface area contributed by atoms with Gasteiger partial charge in [-0.15, -0.1) is 0 Å². The minimum Gasteiger partial charge on any atom is -0.492 e. The lowest BCUT2D eigenvalue weighted by Crippen LogP contribution is -2.41. The molecule has 0 saturated heterocycles. The van der Waals surface area contributed by atoms with Crippen molar-refractivity contribution in [3.63, 3.8) is 0 Å². The molecule has 0 fully saturated rings. The van der Waals surface area contributed by atoms with Gasteiger partial charge in [0.05, 0.1) is 5.75 Å². The molecule has 0 aromatic heterocycles. The number of ether oxygens (including phenoxy) is 1. The van der Waals surface area contributed by atoms with E-state index in [0.717, 1.165) is 0 Å². The average molecular weight is 303 g/mol. The summed E-state index contributed by atoms with van der Waals surface area (Å²) in [6.07, 6.45) is -1.56. The van der Waals surface area contributed by atoms with Crippen LogP contribution < -0.4 is 20.9 Å². The van der Waals surface area contributed by atoms with E-state index < -0.39 is 28.6 Å². The quantitative estimate of drug-likeness (QED) is 0.426. The fraction of sp³-hybridized carbons (Fsp3) is 0.364. The molecule has 1 atom stereocenters. The summed E-state index contributed by atoms with van der Waals surface area (Å²) >= 11 is 0. The molecule has 0 saturated carbocycles. The summed E-state index contributed by atoms with van der Waals surface area (Å²) in [5.74, 6) is -0.867. The molecule has 6 N–H and O–H groups in total. The third kappa shape index (κ3) is 5.87. The van der Waals surface area contributed by atoms with Crippen LogP contribution in [0.4, 0.5) is 5.69 Å². The number of rotatable bonds is 8. The number of nitrogens with two attached hydrogens (primary N) is 2. The zero-order chi connectivity index (χ0) is 15.2. The van der Waals surface area contributed by atoms with Crippen molar-refractivity contribution in [2.75, 3.05) is 24.6 Å². The van der Waals surface area contributed by atoms with E-state index in [2.05, 4.69) is 4.72 Å². The minimum atomic E-state index is -3.66. The van der Waals surface area contributed by atoms with Gasteiger partial charge in [0.1, 0.15) is 18.5 Å². The number of carbonyl (C=O) groups excluding carboxylic acids is 1. The lowest BCUT2D eigenvalue weighted by atomic mass is 10.3. The van der Waals surface area contributed by atoms with Crippen LogP contribution in [-0.4, -0.2) is 44.4 Å². The van der Waals surface area contributed by atoms with E-state index in [-0.39, 0.29) is 12.4 Å². The van der Waals surface area contributed by atoms with Crippen LogP contribution in [0.15, 0.2) is 24.3 Å². The number of amides is 1. The van der Waals surface area contributed by atoms with Crippen molar-refractivity contribution in [1.29, 1.82) is 0 Å². The second kappa shape index (κ2) is 7.08. The van der Waals surface area contributed by atoms with Gasteiger partial charge >= 0.3 is 0 Å². The number of aliphatic hydroxyl groups excluding tert-OH is 1. The smallest absolute Gasteiger partial charge is 0.247 e. The molecule has 1 aromatic rings. The van der Waals surface area contributed by atoms with Crippen LogP contribution in [-0.2, 0) is 14.8 Å². The number of carbonyl (C=O) groups is 1. The molecule has 20 heavy (non-hydrogen) atoms. The Morgan fingerprint density at radius 1 is 1.45 bits per heavy atom. The molecule has 0 bridgehead atoms. The number of aliphatic hydroxyl groups is 1. The van der Waals surface area contributed by atoms with Gasteiger partial charge in [0, 0.05) is 18.3 Å². The first kappa shape index (κ1) is 16.2. The van der Waals surface area contributed by atoms with Crippen molar-refractivity contribution in [2.45, 2.75) is 6.10 Å². The highest BCUT2D eigenvalue weighted by Crippen LogP contribution is 2.14. The van der Waals surface area contributed by atoms with Crippen molar-refractivity contribution < 1.29 is 23.1 Å². The maximum absolute atomic E-state index is 11.5. The molecule has 0 heterocycles. The van der Waals surface area contributed by atoms with Crippen LogP contribution in [0.1, 0.15) is 0 Å². The summed E-state index contributed by atoms with van der Waals surface area (Å²) in [4.78, 5) is 10.5. The number of hydrogen-bond donors (Lipinski definition) is 4. The van der Waals surface area contributed by atoms with Crippen molar-refractivity contribution in [3.05, 3.63) is 24.3 Å². The Labute approximate surface area is 116 Å². The standard InChI is InChI=1S/C11H17N3O5S/c12-8-2-1-3-9(6-8)19-4-5-20(17,18)14-7-10(15)11(13)16/h1-3,6,10,14-15H,4-5,7,12H2,(H2,13,16). The third-order valence-electron chi connectivity index (χ3n) is 2.30. The lowest BCUT2D eigenvalue weighted by molar-refractivity contribution is -0.125. The van der Waals surface area contributed by atoms with E-state index >= 15 is 0 Å². The number of benzene rings is 1. The molecule has 0 radical (unpaired) electrons. The number of anilines is 1. The molecule has 0 aliphatic carbocycles. The van der Waals surface area contributed by atoms with E-state index in [1.165, 1.54) is 0 Å². The predicted molar refractivity (Wildman–Crippen MR) is 73.3 cm³/mol. The Morgan fingerprint density at radius 2 is 2.15 bits per heavy atom. The van der Waals surface area contributed by atoms with Crippen LogP contribution in [0.25, 0.3) is 0 Å². The van der Waals surface area contributed by atoms with Gasteiger partial charge in [-0.05, 0) is 12.1 Å². The fourth-order valence-corrected chi connectivity index (χ4v) is 2.11. The average Bonchev–Trinajstić information content (AvgIpc) is 2.36. The Bertz CT molecular complexity index is 561. The highest BCUT2D eigenvalue weighted by atomic mass is 32.2. The Kier molecular flexibility index (Phi) is 5.74. The van der Waals surface area contributed by atoms with E-state index in [9.17, 15) is 13.2 Å². The first-order valence-corrected chi connectivity index (χ1v) is 7.38. The number of nitrogen functional groups attached to an aromatic ring is 1. The van der Waals surface area contributed by atoms with Gasteiger partial charge in [0.2, 0.25) is 15.9 Å². The Balaban J connectivity index is 2.38. The van der Waals surface area contributed by atoms with Gasteiger partial charge in [-0.2, -0.15) is 0 Å². The van der Waals surface area contributed by atoms with Crippen LogP contribution in [0.3, 0.4) is 0 Å². The van der Waals surface area contributed by atoms with Crippen molar-refractivity contribution in [3.8, 4) is 5.75 Å². The van der Waals surface area contributed by atoms with Crippen LogP contribution in [0.2, 0.25) is 0 Å². The van der Waals surface area contributed by atoms with Gasteiger partial charge in [-0.25, -0.2) is 13.1 Å². The van der Waals surface area contributed by atoms with Crippen LogP contribution in [0.5, 0.6) is 5.75 Å². The predicted octanol–water partition coefficient (Wildman–Crippen LogP) is -1.59. The highest BCUT2D eigenvalue weighted by Gasteiger charge is 2.16. The third-order valence-corrected chi connectivity index (χ3v) is 3.61. The highest BCUT2D eigenvalue weighted by molar-refractivity contribution is 7.89. The zero-order valence-electron chi connectivity index (χ0n) is 10.7. The zero-order valence-corrected chi connectivity index (χ0v) is 11.5. The molecule has 0 aliphatic heterocycles. The maximum atomic E-state index is 11.5. The second-order valence-electron chi connectivity index (χ2n) is 4.01. The number of nitrogens with one attached hydrogen (secondary N) is 1. The van der Waals surface area contributed by atoms with Crippen LogP contribution >= 0.6 is 0 Å². The van der Waals surface area contributed by atoms with Crippen molar-refractivity contribution in [1.82, 2.24) is 4.72 Å². The second-order valence-corrected chi connectivity index (χ2v) is 5.93. The molecule has 0 aliphatic rings. The topological polar surface area (TPSA) is 145 Å². The molecule has 1 rings (SSSR count). The van der Waals surface area contributed by atoms with Gasteiger partial charge in [-0.3, -0.25) is 4.79 Å². The van der Waals surface area contributed by atoms with E-state index in [1.54, 1.807) is 24.3 Å². The Morgan fingerprint density at radius 3 is 2.75 bits per heavy atom. The Hall–Kier alpha value is -1.84. The SMILES string of the molecule is NC(=O)C(O)CNS(=O)(=O)CCOc1cccc(N)c1. The lowest BCUT2D eigenvalue weighted by Gasteiger charge is -2.10. The minimum absolute atomic E-state index is 0.0918. The van der Waals surface area contributed by atoms with Crippen molar-refractivity contribution in [2.24, 2.45) is 5.73 Å². The van der Waals surface area contributed by atoms with Crippen LogP contribution in [0, 0.1) is 0 Å². The van der Waals surface area contributed by atoms with E-state index in [1.807, 2.05) is 0 Å². The van der Waals surface area contributed by atoms with Gasteiger partial charge in [-0.1, -0.05) is 6.07 Å². The summed E-state index contributed by atoms with van der Waals surface area (Å²) < 4.78 is 30.3. The van der Waals surface area contributed by atoms with Gasteiger partial charge in [0.15, 0.2) is 0 Å². The monoisotopic (exact) mass is 303 g/mol. The van der Waals surface area contributed by atoms with Crippen molar-refractivity contribution >= 4 is 21.6 Å². The molecule has 8 nitrogen and oxygen atoms in total. The largest absolute Gasteiger partial charge is 0.492 e. The van der Waals surface area contributed by atoms with Gasteiger partial charge in [0.25, 0.3) is 0 Å². The molecular weight excluding hydrogens is 286 g/mol. The van der Waals surface area contributed by atoms with E-state index in [0.29, 0.717) is 11.4 Å². The van der Waals surface area contributed by atoms with Gasteiger partial charge < -0.3 is 21.3 Å². The maximum Gasteiger partial charge on any atom is 0.247 e. The number of sulfonamides is 1. The molecule has 1 aromatic carbocycles. The normalized spacial score (nSPS) is 12.8. The summed E-state index contributed by atoms with van der Waals surface area (Å²) in [6.45, 7) is -0.554. The first-order valence-electron chi connectivity index (χ1n) is 5.73. The summed E-state index contributed by atoms with van der Waals surface area (Å²) in [5.41, 5.74) is 10.8. The number of hydrogen-bond acceptors (Lipinski definition) is 6.